The molecule has 0 radical (unpaired) electrons. The van der Waals surface area contributed by atoms with Crippen molar-refractivity contribution >= 4 is 5.91 Å². The van der Waals surface area contributed by atoms with Gasteiger partial charge in [0.2, 0.25) is 5.91 Å². The quantitative estimate of drug-likeness (QED) is 0.902. The first-order valence-corrected chi connectivity index (χ1v) is 6.45. The SMILES string of the molecule is CC(C(=O)N(Cc1ccco1)CC(F)(F)F)C1CNC1. The third kappa shape index (κ3) is 3.75. The van der Waals surface area contributed by atoms with Gasteiger partial charge in [-0.05, 0) is 31.1 Å². The Hall–Kier alpha value is -1.50. The van der Waals surface area contributed by atoms with Gasteiger partial charge in [0.1, 0.15) is 12.3 Å². The van der Waals surface area contributed by atoms with E-state index in [2.05, 4.69) is 5.32 Å². The van der Waals surface area contributed by atoms with Crippen LogP contribution in [0.5, 0.6) is 0 Å². The molecule has 7 heteroatoms. The number of nitrogens with one attached hydrogen (secondary N) is 1. The number of alkyl halides is 3. The first kappa shape index (κ1) is 14.9. The molecule has 1 fully saturated rings. The van der Waals surface area contributed by atoms with Crippen LogP contribution in [0.2, 0.25) is 0 Å². The smallest absolute Gasteiger partial charge is 0.406 e. The molecule has 0 aliphatic carbocycles. The molecule has 4 nitrogen and oxygen atoms in total. The van der Waals surface area contributed by atoms with Crippen LogP contribution in [0.4, 0.5) is 13.2 Å². The lowest BCUT2D eigenvalue weighted by Gasteiger charge is -2.35. The number of hydrogen-bond acceptors (Lipinski definition) is 3. The number of amides is 1. The Morgan fingerprint density at radius 1 is 1.55 bits per heavy atom. The van der Waals surface area contributed by atoms with Crippen LogP contribution in [0.15, 0.2) is 22.8 Å². The van der Waals surface area contributed by atoms with Crippen molar-refractivity contribution in [2.75, 3.05) is 19.6 Å². The topological polar surface area (TPSA) is 45.5 Å². The number of rotatable bonds is 5. The minimum absolute atomic E-state index is 0.106. The molecular weight excluding hydrogens is 273 g/mol. The molecule has 1 unspecified atom stereocenters. The van der Waals surface area contributed by atoms with Gasteiger partial charge in [-0.3, -0.25) is 4.79 Å². The first-order valence-electron chi connectivity index (χ1n) is 6.45. The summed E-state index contributed by atoms with van der Waals surface area (Å²) in [4.78, 5) is 13.1. The predicted octanol–water partition coefficient (Wildman–Crippen LogP) is 2.03. The highest BCUT2D eigenvalue weighted by molar-refractivity contribution is 5.79. The summed E-state index contributed by atoms with van der Waals surface area (Å²) in [6.45, 7) is 1.62. The van der Waals surface area contributed by atoms with Gasteiger partial charge >= 0.3 is 6.18 Å². The molecule has 1 amide bonds. The summed E-state index contributed by atoms with van der Waals surface area (Å²) < 4.78 is 42.9. The fourth-order valence-electron chi connectivity index (χ4n) is 2.17. The molecule has 0 bridgehead atoms. The Morgan fingerprint density at radius 2 is 2.25 bits per heavy atom. The lowest BCUT2D eigenvalue weighted by atomic mass is 9.88. The minimum atomic E-state index is -4.42. The number of carbonyl (C=O) groups is 1. The van der Waals surface area contributed by atoms with E-state index in [1.54, 1.807) is 19.1 Å². The average molecular weight is 290 g/mol. The Balaban J connectivity index is 2.06. The minimum Gasteiger partial charge on any atom is -0.467 e. The maximum Gasteiger partial charge on any atom is 0.406 e. The zero-order valence-corrected chi connectivity index (χ0v) is 11.1. The fourth-order valence-corrected chi connectivity index (χ4v) is 2.17. The number of hydrogen-bond donors (Lipinski definition) is 1. The van der Waals surface area contributed by atoms with E-state index in [1.165, 1.54) is 6.26 Å². The molecule has 0 saturated carbocycles. The zero-order chi connectivity index (χ0) is 14.8. The monoisotopic (exact) mass is 290 g/mol. The summed E-state index contributed by atoms with van der Waals surface area (Å²) in [7, 11) is 0. The molecule has 20 heavy (non-hydrogen) atoms. The number of halogens is 3. The number of furan rings is 1. The zero-order valence-electron chi connectivity index (χ0n) is 11.1. The molecule has 1 aliphatic heterocycles. The third-order valence-corrected chi connectivity index (χ3v) is 3.52. The first-order chi connectivity index (χ1) is 9.37. The molecule has 1 saturated heterocycles. The van der Waals surface area contributed by atoms with Crippen molar-refractivity contribution in [1.82, 2.24) is 10.2 Å². The van der Waals surface area contributed by atoms with E-state index < -0.39 is 24.5 Å². The molecule has 0 spiro atoms. The molecule has 112 valence electrons. The van der Waals surface area contributed by atoms with E-state index in [4.69, 9.17) is 4.42 Å². The molecule has 1 atom stereocenters. The van der Waals surface area contributed by atoms with Crippen molar-refractivity contribution in [3.8, 4) is 0 Å². The highest BCUT2D eigenvalue weighted by Crippen LogP contribution is 2.23. The van der Waals surface area contributed by atoms with Gasteiger partial charge in [0, 0.05) is 5.92 Å². The molecule has 1 N–H and O–H groups in total. The van der Waals surface area contributed by atoms with Crippen LogP contribution in [0.1, 0.15) is 12.7 Å². The molecule has 0 aromatic carbocycles. The van der Waals surface area contributed by atoms with Crippen LogP contribution >= 0.6 is 0 Å². The van der Waals surface area contributed by atoms with E-state index in [-0.39, 0.29) is 12.5 Å². The maximum atomic E-state index is 12.6. The van der Waals surface area contributed by atoms with E-state index in [0.29, 0.717) is 18.8 Å². The van der Waals surface area contributed by atoms with Crippen LogP contribution in [0.25, 0.3) is 0 Å². The summed E-state index contributed by atoms with van der Waals surface area (Å²) in [5.74, 6) is -0.449. The Kier molecular flexibility index (Phi) is 4.37. The van der Waals surface area contributed by atoms with Crippen molar-refractivity contribution < 1.29 is 22.4 Å². The Labute approximate surface area is 114 Å². The molecule has 2 rings (SSSR count). The van der Waals surface area contributed by atoms with Crippen molar-refractivity contribution in [3.63, 3.8) is 0 Å². The van der Waals surface area contributed by atoms with Crippen LogP contribution in [0.3, 0.4) is 0 Å². The van der Waals surface area contributed by atoms with Crippen molar-refractivity contribution in [2.24, 2.45) is 11.8 Å². The maximum absolute atomic E-state index is 12.6. The summed E-state index contributed by atoms with van der Waals surface area (Å²) in [6.07, 6.45) is -3.04. The van der Waals surface area contributed by atoms with Gasteiger partial charge in [0.25, 0.3) is 0 Å². The van der Waals surface area contributed by atoms with E-state index in [0.717, 1.165) is 4.90 Å². The van der Waals surface area contributed by atoms with Crippen LogP contribution in [-0.4, -0.2) is 36.6 Å². The van der Waals surface area contributed by atoms with Gasteiger partial charge < -0.3 is 14.6 Å². The van der Waals surface area contributed by atoms with Gasteiger partial charge in [0.05, 0.1) is 12.8 Å². The Morgan fingerprint density at radius 3 is 2.70 bits per heavy atom. The Bertz CT molecular complexity index is 441. The lowest BCUT2D eigenvalue weighted by Crippen LogP contribution is -2.51. The highest BCUT2D eigenvalue weighted by atomic mass is 19.4. The normalized spacial score (nSPS) is 17.6. The predicted molar refractivity (Wildman–Crippen MR) is 65.7 cm³/mol. The molecule has 1 aromatic rings. The van der Waals surface area contributed by atoms with Crippen molar-refractivity contribution in [1.29, 1.82) is 0 Å². The summed E-state index contributed by atoms with van der Waals surface area (Å²) >= 11 is 0. The molecule has 2 heterocycles. The van der Waals surface area contributed by atoms with Gasteiger partial charge in [-0.15, -0.1) is 0 Å². The third-order valence-electron chi connectivity index (χ3n) is 3.52. The number of nitrogens with zero attached hydrogens (tertiary/aromatic N) is 1. The fraction of sp³-hybridized carbons (Fsp3) is 0.615. The summed E-state index contributed by atoms with van der Waals surface area (Å²) in [5, 5.41) is 3.02. The van der Waals surface area contributed by atoms with Gasteiger partial charge in [-0.25, -0.2) is 0 Å². The van der Waals surface area contributed by atoms with Gasteiger partial charge in [0.15, 0.2) is 0 Å². The second kappa shape index (κ2) is 5.87. The second-order valence-electron chi connectivity index (χ2n) is 5.10. The van der Waals surface area contributed by atoms with Gasteiger partial charge in [-0.2, -0.15) is 13.2 Å². The van der Waals surface area contributed by atoms with E-state index in [1.807, 2.05) is 0 Å². The van der Waals surface area contributed by atoms with E-state index >= 15 is 0 Å². The standard InChI is InChI=1S/C13H17F3N2O2/c1-9(10-5-17-6-10)12(19)18(8-13(14,15)16)7-11-3-2-4-20-11/h2-4,9-10,17H,5-8H2,1H3. The average Bonchev–Trinajstić information content (AvgIpc) is 2.75. The summed E-state index contributed by atoms with van der Waals surface area (Å²) in [5.41, 5.74) is 0. The van der Waals surface area contributed by atoms with Crippen LogP contribution < -0.4 is 5.32 Å². The van der Waals surface area contributed by atoms with Crippen LogP contribution in [0, 0.1) is 11.8 Å². The largest absolute Gasteiger partial charge is 0.467 e. The highest BCUT2D eigenvalue weighted by Gasteiger charge is 2.37. The lowest BCUT2D eigenvalue weighted by molar-refractivity contribution is -0.166. The van der Waals surface area contributed by atoms with E-state index in [9.17, 15) is 18.0 Å². The number of carbonyl (C=O) groups excluding carboxylic acids is 1. The molecule has 1 aromatic heterocycles. The molecule has 1 aliphatic rings. The van der Waals surface area contributed by atoms with Crippen LogP contribution in [-0.2, 0) is 11.3 Å². The van der Waals surface area contributed by atoms with Gasteiger partial charge in [-0.1, -0.05) is 6.92 Å². The van der Waals surface area contributed by atoms with Crippen molar-refractivity contribution in [3.05, 3.63) is 24.2 Å². The summed E-state index contributed by atoms with van der Waals surface area (Å²) in [6, 6.07) is 3.15. The molecular formula is C13H17F3N2O2. The second-order valence-corrected chi connectivity index (χ2v) is 5.10. The van der Waals surface area contributed by atoms with Crippen molar-refractivity contribution in [2.45, 2.75) is 19.6 Å².